The van der Waals surface area contributed by atoms with Gasteiger partial charge in [0, 0.05) is 36.7 Å². The van der Waals surface area contributed by atoms with Crippen molar-refractivity contribution in [2.75, 3.05) is 25.1 Å². The lowest BCUT2D eigenvalue weighted by Gasteiger charge is -2.28. The molecule has 3 atom stereocenters. The molecule has 0 aliphatic carbocycles. The summed E-state index contributed by atoms with van der Waals surface area (Å²) in [5.74, 6) is -0.200. The number of nitriles is 1. The summed E-state index contributed by atoms with van der Waals surface area (Å²) >= 11 is 0. The molecule has 1 aliphatic heterocycles. The van der Waals surface area contributed by atoms with Gasteiger partial charge in [-0.05, 0) is 32.4 Å². The van der Waals surface area contributed by atoms with Gasteiger partial charge in [0.25, 0.3) is 5.91 Å². The van der Waals surface area contributed by atoms with Gasteiger partial charge in [-0.3, -0.25) is 9.36 Å². The molecule has 184 valence electrons. The zero-order valence-electron chi connectivity index (χ0n) is 19.3. The summed E-state index contributed by atoms with van der Waals surface area (Å²) < 4.78 is 35.5. The van der Waals surface area contributed by atoms with Crippen molar-refractivity contribution in [3.8, 4) is 11.9 Å². The van der Waals surface area contributed by atoms with Crippen LogP contribution in [0.3, 0.4) is 0 Å². The lowest BCUT2D eigenvalue weighted by Crippen LogP contribution is -2.42. The first-order valence-corrected chi connectivity index (χ1v) is 11.2. The lowest BCUT2D eigenvalue weighted by atomic mass is 10.0. The molecule has 4 heterocycles. The van der Waals surface area contributed by atoms with Gasteiger partial charge in [-0.2, -0.15) is 5.26 Å². The van der Waals surface area contributed by atoms with Crippen molar-refractivity contribution in [1.29, 1.82) is 5.26 Å². The molecule has 3 aromatic rings. The van der Waals surface area contributed by atoms with Crippen molar-refractivity contribution >= 4 is 22.6 Å². The third-order valence-electron chi connectivity index (χ3n) is 5.87. The van der Waals surface area contributed by atoms with Gasteiger partial charge in [0.15, 0.2) is 0 Å². The Labute approximate surface area is 200 Å². The second-order valence-electron chi connectivity index (χ2n) is 8.98. The molecule has 1 amide bonds. The second-order valence-corrected chi connectivity index (χ2v) is 8.98. The highest BCUT2D eigenvalue weighted by molar-refractivity contribution is 5.99. The van der Waals surface area contributed by atoms with E-state index in [1.807, 2.05) is 6.07 Å². The number of rotatable bonds is 7. The number of amides is 1. The number of ether oxygens (including phenoxy) is 1. The predicted molar refractivity (Wildman–Crippen MR) is 125 cm³/mol. The minimum absolute atomic E-state index is 0.0559. The van der Waals surface area contributed by atoms with E-state index in [4.69, 9.17) is 10.00 Å². The van der Waals surface area contributed by atoms with Gasteiger partial charge < -0.3 is 20.5 Å². The molecule has 0 radical (unpaired) electrons. The molecule has 1 saturated heterocycles. The monoisotopic (exact) mass is 484 g/mol. The van der Waals surface area contributed by atoms with Crippen LogP contribution in [-0.4, -0.2) is 69.3 Å². The van der Waals surface area contributed by atoms with E-state index in [1.54, 1.807) is 29.0 Å². The molecule has 4 rings (SSSR count). The Balaban J connectivity index is 1.67. The lowest BCUT2D eigenvalue weighted by molar-refractivity contribution is -0.00177. The van der Waals surface area contributed by atoms with Crippen molar-refractivity contribution in [1.82, 2.24) is 19.9 Å². The number of halogens is 2. The first-order valence-electron chi connectivity index (χ1n) is 11.2. The van der Waals surface area contributed by atoms with E-state index in [2.05, 4.69) is 20.6 Å². The van der Waals surface area contributed by atoms with Gasteiger partial charge in [0.05, 0.1) is 41.6 Å². The normalized spacial score (nSPS) is 19.2. The van der Waals surface area contributed by atoms with Crippen molar-refractivity contribution in [2.45, 2.75) is 44.3 Å². The van der Waals surface area contributed by atoms with Crippen molar-refractivity contribution in [3.05, 3.63) is 47.9 Å². The smallest absolute Gasteiger partial charge is 0.255 e. The Morgan fingerprint density at radius 3 is 2.91 bits per heavy atom. The van der Waals surface area contributed by atoms with Gasteiger partial charge in [-0.25, -0.2) is 18.7 Å². The second kappa shape index (κ2) is 9.93. The van der Waals surface area contributed by atoms with E-state index in [0.717, 1.165) is 5.39 Å². The largest absolute Gasteiger partial charge is 0.387 e. The van der Waals surface area contributed by atoms with Crippen LogP contribution in [0.2, 0.25) is 0 Å². The van der Waals surface area contributed by atoms with E-state index in [1.165, 1.54) is 26.2 Å². The molecule has 3 aromatic heterocycles. The summed E-state index contributed by atoms with van der Waals surface area (Å²) in [5.41, 5.74) is -0.223. The highest BCUT2D eigenvalue weighted by Crippen LogP contribution is 2.25. The number of hydrogen-bond donors (Lipinski definition) is 3. The molecule has 1 fully saturated rings. The molecule has 0 aromatic carbocycles. The van der Waals surface area contributed by atoms with E-state index >= 15 is 0 Å². The van der Waals surface area contributed by atoms with Gasteiger partial charge in [0.1, 0.15) is 29.9 Å². The van der Waals surface area contributed by atoms with Gasteiger partial charge in [-0.1, -0.05) is 0 Å². The van der Waals surface area contributed by atoms with Gasteiger partial charge in [0.2, 0.25) is 0 Å². The van der Waals surface area contributed by atoms with Gasteiger partial charge in [-0.15, -0.1) is 0 Å². The Bertz CT molecular complexity index is 1270. The Hall–Kier alpha value is -3.62. The minimum atomic E-state index is -1.68. The van der Waals surface area contributed by atoms with Crippen LogP contribution in [0, 0.1) is 11.3 Å². The van der Waals surface area contributed by atoms with Crippen molar-refractivity contribution < 1.29 is 23.4 Å². The number of carbonyl (C=O) groups excluding carboxylic acids is 1. The number of nitrogens with zero attached hydrogens (tertiary/aromatic N) is 4. The average Bonchev–Trinajstić information content (AvgIpc) is 3.26. The molecule has 0 spiro atoms. The maximum Gasteiger partial charge on any atom is 0.255 e. The van der Waals surface area contributed by atoms with Crippen molar-refractivity contribution in [2.24, 2.45) is 0 Å². The molecular weight excluding hydrogens is 458 g/mol. The standard InChI is InChI=1S/C24H26F2N6O3/c1-24(2,34)20(26)12-30-23(33)16-11-28-21(8-19(16)31-18-4-6-35-13-17(18)25)32-5-3-15-7-14(9-27)10-29-22(15)32/h3,5,7-8,10-11,17-18,20,34H,4,6,12-13H2,1-2H3,(H,28,31)(H,30,33)/t17?,18?,20-/m1/s1. The molecule has 1 aliphatic rings. The molecule has 35 heavy (non-hydrogen) atoms. The molecule has 3 N–H and O–H groups in total. The number of carbonyl (C=O) groups is 1. The van der Waals surface area contributed by atoms with Crippen LogP contribution in [0.4, 0.5) is 14.5 Å². The Kier molecular flexibility index (Phi) is 6.95. The summed E-state index contributed by atoms with van der Waals surface area (Å²) in [5, 5.41) is 25.2. The van der Waals surface area contributed by atoms with Crippen molar-refractivity contribution in [3.63, 3.8) is 0 Å². The molecule has 11 heteroatoms. The fourth-order valence-corrected chi connectivity index (χ4v) is 3.74. The molecular formula is C24H26F2N6O3. The quantitative estimate of drug-likeness (QED) is 0.471. The summed E-state index contributed by atoms with van der Waals surface area (Å²) in [7, 11) is 0. The zero-order chi connectivity index (χ0) is 25.2. The van der Waals surface area contributed by atoms with Crippen LogP contribution in [0.25, 0.3) is 16.9 Å². The van der Waals surface area contributed by atoms with E-state index < -0.39 is 36.4 Å². The fourth-order valence-electron chi connectivity index (χ4n) is 3.74. The van der Waals surface area contributed by atoms with Crippen LogP contribution in [-0.2, 0) is 4.74 Å². The maximum atomic E-state index is 14.5. The third-order valence-corrected chi connectivity index (χ3v) is 5.87. The molecule has 0 saturated carbocycles. The van der Waals surface area contributed by atoms with Crippen LogP contribution < -0.4 is 10.6 Å². The van der Waals surface area contributed by atoms with Crippen LogP contribution in [0.5, 0.6) is 0 Å². The minimum Gasteiger partial charge on any atom is -0.387 e. The number of fused-ring (bicyclic) bond motifs is 1. The first kappa shape index (κ1) is 24.5. The summed E-state index contributed by atoms with van der Waals surface area (Å²) in [6.45, 7) is 2.54. The van der Waals surface area contributed by atoms with E-state index in [-0.39, 0.29) is 12.2 Å². The van der Waals surface area contributed by atoms with Crippen LogP contribution in [0.15, 0.2) is 36.8 Å². The Morgan fingerprint density at radius 2 is 2.20 bits per heavy atom. The number of anilines is 1. The first-order chi connectivity index (χ1) is 16.7. The maximum absolute atomic E-state index is 14.5. The highest BCUT2D eigenvalue weighted by Gasteiger charge is 2.29. The van der Waals surface area contributed by atoms with Gasteiger partial charge >= 0.3 is 0 Å². The topological polar surface area (TPSA) is 125 Å². The zero-order valence-corrected chi connectivity index (χ0v) is 19.3. The summed E-state index contributed by atoms with van der Waals surface area (Å²) in [6.07, 6.45) is 1.94. The summed E-state index contributed by atoms with van der Waals surface area (Å²) in [4.78, 5) is 21.6. The molecule has 0 bridgehead atoms. The average molecular weight is 485 g/mol. The Morgan fingerprint density at radius 1 is 1.40 bits per heavy atom. The molecule has 2 unspecified atom stereocenters. The fraction of sp³-hybridized carbons (Fsp3) is 0.417. The highest BCUT2D eigenvalue weighted by atomic mass is 19.1. The number of hydrogen-bond acceptors (Lipinski definition) is 7. The number of aromatic nitrogens is 3. The number of nitrogens with one attached hydrogen (secondary N) is 2. The third kappa shape index (κ3) is 5.39. The number of aliphatic hydroxyl groups is 1. The SMILES string of the molecule is CC(C)(O)[C@H](F)CNC(=O)c1cnc(-n2ccc3cc(C#N)cnc32)cc1NC1CCOCC1F. The molecule has 9 nitrogen and oxygen atoms in total. The van der Waals surface area contributed by atoms with E-state index in [9.17, 15) is 18.7 Å². The predicted octanol–water partition coefficient (Wildman–Crippen LogP) is 2.67. The van der Waals surface area contributed by atoms with Crippen LogP contribution >= 0.6 is 0 Å². The number of alkyl halides is 2. The number of pyridine rings is 2. The van der Waals surface area contributed by atoms with Crippen LogP contribution in [0.1, 0.15) is 36.2 Å². The summed E-state index contributed by atoms with van der Waals surface area (Å²) in [6, 6.07) is 6.54. The van der Waals surface area contributed by atoms with E-state index in [0.29, 0.717) is 35.7 Å².